The van der Waals surface area contributed by atoms with Crippen molar-refractivity contribution in [1.29, 1.82) is 0 Å². The van der Waals surface area contributed by atoms with Crippen LogP contribution in [0.1, 0.15) is 218 Å². The molecule has 0 amide bonds. The van der Waals surface area contributed by atoms with Crippen LogP contribution >= 0.6 is 0 Å². The van der Waals surface area contributed by atoms with Gasteiger partial charge in [0.1, 0.15) is 0 Å². The van der Waals surface area contributed by atoms with Gasteiger partial charge >= 0.3 is 60.8 Å². The van der Waals surface area contributed by atoms with Crippen LogP contribution in [0.5, 0.6) is 0 Å². The summed E-state index contributed by atoms with van der Waals surface area (Å²) in [6.45, 7) is 5.34. The number of carbonyl (C=O) groups excluding carboxylic acids is 4. The molecule has 65 heavy (non-hydrogen) atoms. The minimum atomic E-state index is -0.939. The maximum atomic E-state index is 10.7. The molecule has 2 atom stereocenters. The average molecular weight is 1030 g/mol. The molecule has 0 spiro atoms. The number of ether oxygens (including phenoxy) is 4. The van der Waals surface area contributed by atoms with Gasteiger partial charge < -0.3 is 38.7 Å². The Kier molecular flexibility index (Phi) is 45.3. The molecule has 0 heterocycles. The third kappa shape index (κ3) is 45.4. The van der Waals surface area contributed by atoms with E-state index in [4.69, 9.17) is 18.9 Å². The fourth-order valence-corrected chi connectivity index (χ4v) is 7.69. The van der Waals surface area contributed by atoms with Crippen molar-refractivity contribution in [3.63, 3.8) is 0 Å². The van der Waals surface area contributed by atoms with Crippen LogP contribution in [0.2, 0.25) is 0 Å². The summed E-state index contributed by atoms with van der Waals surface area (Å²) in [6.07, 6.45) is 31.7. The van der Waals surface area contributed by atoms with Crippen LogP contribution in [-0.4, -0.2) is 98.2 Å². The van der Waals surface area contributed by atoms with Crippen molar-refractivity contribution in [3.8, 4) is 0 Å². The molecule has 0 saturated carbocycles. The predicted octanol–water partition coefficient (Wildman–Crippen LogP) is 11.1. The Morgan fingerprint density at radius 1 is 0.400 bits per heavy atom. The van der Waals surface area contributed by atoms with E-state index < -0.39 is 11.9 Å². The number of unbranched alkanes of at least 4 members (excludes halogenated alkanes) is 20. The number of hydrogen-bond acceptors (Lipinski definition) is 10. The van der Waals surface area contributed by atoms with E-state index in [9.17, 15) is 29.4 Å². The first-order valence-electron chi connectivity index (χ1n) is 25.1. The van der Waals surface area contributed by atoms with Gasteiger partial charge in [0.15, 0.2) is 0 Å². The number of rotatable bonds is 42. The monoisotopic (exact) mass is 1030 g/mol. The summed E-state index contributed by atoms with van der Waals surface area (Å²) >= 11 is 0. The van der Waals surface area contributed by atoms with Gasteiger partial charge in [-0.1, -0.05) is 189 Å². The molecule has 2 rings (SSSR count). The van der Waals surface area contributed by atoms with Gasteiger partial charge in [-0.2, -0.15) is 0 Å². The Morgan fingerprint density at radius 3 is 0.938 bits per heavy atom. The van der Waals surface area contributed by atoms with Gasteiger partial charge in [-0.05, 0) is 75.3 Å². The summed E-state index contributed by atoms with van der Waals surface area (Å²) in [5, 5.41) is 20.9. The van der Waals surface area contributed by atoms with Crippen molar-refractivity contribution < 1.29 is 48.3 Å². The number of carboxylic acid groups (broad SMARTS) is 2. The van der Waals surface area contributed by atoms with Crippen molar-refractivity contribution in [2.75, 3.05) is 13.2 Å². The normalized spacial score (nSPS) is 11.7. The molecule has 2 aromatic carbocycles. The Balaban J connectivity index is 0.00000124. The molecule has 0 aliphatic rings. The molecule has 10 nitrogen and oxygen atoms in total. The Morgan fingerprint density at radius 2 is 0.662 bits per heavy atom. The number of carboxylic acids is 2. The van der Waals surface area contributed by atoms with E-state index in [2.05, 4.69) is 48.5 Å². The average Bonchev–Trinajstić information content (AvgIpc) is 3.27. The van der Waals surface area contributed by atoms with E-state index in [-0.39, 0.29) is 73.7 Å². The fourth-order valence-electron chi connectivity index (χ4n) is 7.69. The van der Waals surface area contributed by atoms with Gasteiger partial charge in [-0.25, -0.2) is 0 Å². The van der Waals surface area contributed by atoms with Crippen LogP contribution in [0, 0.1) is 0 Å². The van der Waals surface area contributed by atoms with Crippen molar-refractivity contribution in [3.05, 3.63) is 71.8 Å². The van der Waals surface area contributed by atoms with Crippen LogP contribution in [0.4, 0.5) is 0 Å². The maximum absolute atomic E-state index is 10.7. The van der Waals surface area contributed by atoms with E-state index in [0.717, 1.165) is 116 Å². The van der Waals surface area contributed by atoms with Crippen molar-refractivity contribution in [2.45, 2.75) is 232 Å². The Bertz CT molecular complexity index is 1290. The summed E-state index contributed by atoms with van der Waals surface area (Å²) in [6, 6.07) is 20.7. The standard InChI is InChI=1S/2C27H44O5.Ba/c2*1-24(28)31-22-16-9-5-4-7-14-20-26(32-23-25-17-11-10-12-18-25)19-13-6-2-3-8-15-21-27(29)30;/h2*10-12,17-18,26H,2-9,13-16,19-23H2,1H3,(H,29,30);/q;;+2/p-2. The maximum Gasteiger partial charge on any atom is 2.00 e. The minimum absolute atomic E-state index is 0. The molecule has 2 aromatic rings. The third-order valence-electron chi connectivity index (χ3n) is 11.4. The van der Waals surface area contributed by atoms with Crippen LogP contribution in [0.15, 0.2) is 60.7 Å². The van der Waals surface area contributed by atoms with E-state index in [1.165, 1.54) is 89.2 Å². The predicted molar refractivity (Wildman–Crippen MR) is 258 cm³/mol. The summed E-state index contributed by atoms with van der Waals surface area (Å²) in [5.74, 6) is -2.26. The quantitative estimate of drug-likeness (QED) is 0.0357. The molecule has 0 bridgehead atoms. The smallest absolute Gasteiger partial charge is 0.550 e. The molecule has 0 N–H and O–H groups in total. The molecule has 11 heteroatoms. The number of benzene rings is 2. The second kappa shape index (κ2) is 46.9. The summed E-state index contributed by atoms with van der Waals surface area (Å²) in [5.41, 5.74) is 2.44. The molecule has 0 saturated heterocycles. The summed E-state index contributed by atoms with van der Waals surface area (Å²) in [4.78, 5) is 42.4. The molecule has 0 radical (unpaired) electrons. The fraction of sp³-hybridized carbons (Fsp3) is 0.704. The molecule has 0 aliphatic carbocycles. The first-order valence-corrected chi connectivity index (χ1v) is 25.1. The van der Waals surface area contributed by atoms with Crippen LogP contribution in [0.3, 0.4) is 0 Å². The van der Waals surface area contributed by atoms with Gasteiger partial charge in [0.2, 0.25) is 0 Å². The van der Waals surface area contributed by atoms with Crippen LogP contribution in [0.25, 0.3) is 0 Å². The van der Waals surface area contributed by atoms with Crippen molar-refractivity contribution >= 4 is 72.8 Å². The van der Waals surface area contributed by atoms with Crippen LogP contribution < -0.4 is 10.2 Å². The Labute approximate surface area is 434 Å². The van der Waals surface area contributed by atoms with Gasteiger partial charge in [-0.15, -0.1) is 0 Å². The third-order valence-corrected chi connectivity index (χ3v) is 11.4. The van der Waals surface area contributed by atoms with E-state index in [1.54, 1.807) is 0 Å². The second-order valence-corrected chi connectivity index (χ2v) is 17.4. The molecular weight excluding hydrogens is 946 g/mol. The minimum Gasteiger partial charge on any atom is -0.550 e. The molecular formula is C54H86BaO10. The largest absolute Gasteiger partial charge is 2.00 e. The zero-order valence-corrected chi connectivity index (χ0v) is 45.2. The van der Waals surface area contributed by atoms with Gasteiger partial charge in [-0.3, -0.25) is 9.59 Å². The molecule has 2 unspecified atom stereocenters. The summed E-state index contributed by atoms with van der Waals surface area (Å²) in [7, 11) is 0. The first-order chi connectivity index (χ1) is 31.2. The summed E-state index contributed by atoms with van der Waals surface area (Å²) < 4.78 is 22.5. The van der Waals surface area contributed by atoms with Crippen molar-refractivity contribution in [1.82, 2.24) is 0 Å². The number of aliphatic carboxylic acids is 2. The molecule has 364 valence electrons. The first kappa shape index (κ1) is 62.8. The number of carbonyl (C=O) groups is 4. The van der Waals surface area contributed by atoms with Gasteiger partial charge in [0.25, 0.3) is 0 Å². The number of hydrogen-bond donors (Lipinski definition) is 0. The van der Waals surface area contributed by atoms with Gasteiger partial charge in [0, 0.05) is 25.8 Å². The topological polar surface area (TPSA) is 151 Å². The molecule has 0 fully saturated rings. The van der Waals surface area contributed by atoms with E-state index in [0.29, 0.717) is 38.6 Å². The van der Waals surface area contributed by atoms with E-state index in [1.807, 2.05) is 12.1 Å². The van der Waals surface area contributed by atoms with Crippen LogP contribution in [-0.2, 0) is 51.3 Å². The zero-order chi connectivity index (χ0) is 46.6. The zero-order valence-electron chi connectivity index (χ0n) is 40.8. The molecule has 0 aromatic heterocycles. The SMILES string of the molecule is CC(=O)OCCCCCCCCC(CCCCCCCCC(=O)[O-])OCc1ccccc1.CC(=O)OCCCCCCCCC(CCCCCCCCC(=O)[O-])OCc1ccccc1.[Ba+2]. The second-order valence-electron chi connectivity index (χ2n) is 17.4. The van der Waals surface area contributed by atoms with Gasteiger partial charge in [0.05, 0.1) is 38.6 Å². The van der Waals surface area contributed by atoms with E-state index >= 15 is 0 Å². The molecule has 0 aliphatic heterocycles. The number of esters is 2. The van der Waals surface area contributed by atoms with Crippen molar-refractivity contribution in [2.24, 2.45) is 0 Å². The Hall–Kier alpha value is -2.19.